The van der Waals surface area contributed by atoms with E-state index in [2.05, 4.69) is 31.9 Å². The number of hydrogen-bond acceptors (Lipinski definition) is 3. The van der Waals surface area contributed by atoms with Gasteiger partial charge in [0.2, 0.25) is 0 Å². The standard InChI is InChI=1S/C9H12Br2N2O/c1-4(14)8(12)6-2-5(10)3-7(11)9(6)13/h2-4,8,14H,12-13H2,1H3/t4?,8-/m0/s1. The van der Waals surface area contributed by atoms with Gasteiger partial charge in [0.15, 0.2) is 0 Å². The first-order chi connectivity index (χ1) is 6.43. The number of rotatable bonds is 2. The van der Waals surface area contributed by atoms with Crippen LogP contribution in [0.2, 0.25) is 0 Å². The van der Waals surface area contributed by atoms with E-state index in [-0.39, 0.29) is 0 Å². The van der Waals surface area contributed by atoms with Gasteiger partial charge in [-0.2, -0.15) is 0 Å². The summed E-state index contributed by atoms with van der Waals surface area (Å²) in [4.78, 5) is 0. The Kier molecular flexibility index (Phi) is 3.94. The minimum atomic E-state index is -0.626. The normalized spacial score (nSPS) is 15.2. The molecule has 0 aliphatic rings. The van der Waals surface area contributed by atoms with Gasteiger partial charge in [0.25, 0.3) is 0 Å². The zero-order valence-corrected chi connectivity index (χ0v) is 10.8. The van der Waals surface area contributed by atoms with Gasteiger partial charge in [0.05, 0.1) is 17.8 Å². The van der Waals surface area contributed by atoms with E-state index in [4.69, 9.17) is 11.5 Å². The first kappa shape index (κ1) is 12.0. The molecule has 0 bridgehead atoms. The molecule has 0 fully saturated rings. The summed E-state index contributed by atoms with van der Waals surface area (Å²) in [6.07, 6.45) is -0.626. The number of aliphatic hydroxyl groups excluding tert-OH is 1. The van der Waals surface area contributed by atoms with Crippen LogP contribution in [0.5, 0.6) is 0 Å². The highest BCUT2D eigenvalue weighted by atomic mass is 79.9. The highest BCUT2D eigenvalue weighted by molar-refractivity contribution is 9.11. The lowest BCUT2D eigenvalue weighted by Gasteiger charge is -2.18. The molecule has 0 aliphatic heterocycles. The van der Waals surface area contributed by atoms with Crippen LogP contribution >= 0.6 is 31.9 Å². The largest absolute Gasteiger partial charge is 0.398 e. The molecule has 0 saturated heterocycles. The summed E-state index contributed by atoms with van der Waals surface area (Å²) in [5.74, 6) is 0. The number of benzene rings is 1. The van der Waals surface area contributed by atoms with Crippen LogP contribution < -0.4 is 11.5 Å². The topological polar surface area (TPSA) is 72.3 Å². The second-order valence-electron chi connectivity index (χ2n) is 3.16. The average Bonchev–Trinajstić information content (AvgIpc) is 2.09. The van der Waals surface area contributed by atoms with Gasteiger partial charge in [-0.05, 0) is 40.5 Å². The van der Waals surface area contributed by atoms with Crippen LogP contribution in [0.15, 0.2) is 21.1 Å². The Labute approximate surface area is 99.7 Å². The highest BCUT2D eigenvalue weighted by Gasteiger charge is 2.16. The maximum absolute atomic E-state index is 9.37. The molecule has 1 unspecified atom stereocenters. The summed E-state index contributed by atoms with van der Waals surface area (Å²) in [6.45, 7) is 1.64. The van der Waals surface area contributed by atoms with Crippen molar-refractivity contribution in [2.24, 2.45) is 5.73 Å². The summed E-state index contributed by atoms with van der Waals surface area (Å²) in [6, 6.07) is 3.19. The first-order valence-electron chi connectivity index (χ1n) is 4.11. The summed E-state index contributed by atoms with van der Waals surface area (Å²) < 4.78 is 1.66. The maximum Gasteiger partial charge on any atom is 0.0705 e. The molecule has 5 N–H and O–H groups in total. The van der Waals surface area contributed by atoms with Gasteiger partial charge in [-0.1, -0.05) is 15.9 Å². The van der Waals surface area contributed by atoms with Gasteiger partial charge in [0.1, 0.15) is 0 Å². The molecule has 0 aliphatic carbocycles. The molecule has 5 heteroatoms. The van der Waals surface area contributed by atoms with Crippen LogP contribution in [-0.4, -0.2) is 11.2 Å². The van der Waals surface area contributed by atoms with Crippen molar-refractivity contribution in [3.63, 3.8) is 0 Å². The number of anilines is 1. The van der Waals surface area contributed by atoms with E-state index in [1.165, 1.54) is 0 Å². The van der Waals surface area contributed by atoms with Gasteiger partial charge in [-0.3, -0.25) is 0 Å². The van der Waals surface area contributed by atoms with E-state index in [0.29, 0.717) is 5.69 Å². The van der Waals surface area contributed by atoms with E-state index < -0.39 is 12.1 Å². The Balaban J connectivity index is 3.20. The molecule has 0 saturated carbocycles. The van der Waals surface area contributed by atoms with E-state index in [0.717, 1.165) is 14.5 Å². The van der Waals surface area contributed by atoms with Crippen LogP contribution in [0.4, 0.5) is 5.69 Å². The van der Waals surface area contributed by atoms with Crippen molar-refractivity contribution >= 4 is 37.5 Å². The quantitative estimate of drug-likeness (QED) is 0.730. The van der Waals surface area contributed by atoms with Crippen LogP contribution in [-0.2, 0) is 0 Å². The van der Waals surface area contributed by atoms with Gasteiger partial charge in [-0.25, -0.2) is 0 Å². The molecule has 78 valence electrons. The number of aliphatic hydroxyl groups is 1. The summed E-state index contributed by atoms with van der Waals surface area (Å²) >= 11 is 6.66. The van der Waals surface area contributed by atoms with Crippen molar-refractivity contribution in [3.8, 4) is 0 Å². The summed E-state index contributed by atoms with van der Waals surface area (Å²) in [7, 11) is 0. The number of halogens is 2. The summed E-state index contributed by atoms with van der Waals surface area (Å²) in [5.41, 5.74) is 12.9. The summed E-state index contributed by atoms with van der Waals surface area (Å²) in [5, 5.41) is 9.37. The minimum absolute atomic E-state index is 0.469. The molecule has 14 heavy (non-hydrogen) atoms. The molecule has 2 atom stereocenters. The third-order valence-electron chi connectivity index (χ3n) is 2.01. The molecular formula is C9H12Br2N2O. The van der Waals surface area contributed by atoms with Gasteiger partial charge in [-0.15, -0.1) is 0 Å². The number of nitrogens with two attached hydrogens (primary N) is 2. The lowest BCUT2D eigenvalue weighted by molar-refractivity contribution is 0.164. The minimum Gasteiger partial charge on any atom is -0.398 e. The fourth-order valence-electron chi connectivity index (χ4n) is 1.14. The van der Waals surface area contributed by atoms with Crippen LogP contribution in [0.1, 0.15) is 18.5 Å². The van der Waals surface area contributed by atoms with Crippen molar-refractivity contribution in [2.75, 3.05) is 5.73 Å². The Morgan fingerprint density at radius 2 is 1.93 bits per heavy atom. The Morgan fingerprint density at radius 3 is 2.43 bits per heavy atom. The van der Waals surface area contributed by atoms with E-state index >= 15 is 0 Å². The molecule has 0 heterocycles. The fraction of sp³-hybridized carbons (Fsp3) is 0.333. The van der Waals surface area contributed by atoms with E-state index in [1.807, 2.05) is 12.1 Å². The smallest absolute Gasteiger partial charge is 0.0705 e. The molecule has 0 spiro atoms. The molecule has 1 aromatic carbocycles. The molecule has 0 amide bonds. The lowest BCUT2D eigenvalue weighted by Crippen LogP contribution is -2.24. The monoisotopic (exact) mass is 322 g/mol. The SMILES string of the molecule is CC(O)[C@H](N)c1cc(Br)cc(Br)c1N. The molecule has 0 aromatic heterocycles. The predicted octanol–water partition coefficient (Wildman–Crippen LogP) is 2.17. The zero-order valence-electron chi connectivity index (χ0n) is 7.67. The first-order valence-corrected chi connectivity index (χ1v) is 5.70. The van der Waals surface area contributed by atoms with Gasteiger partial charge < -0.3 is 16.6 Å². The second kappa shape index (κ2) is 4.61. The average molecular weight is 324 g/mol. The van der Waals surface area contributed by atoms with Crippen LogP contribution in [0, 0.1) is 0 Å². The second-order valence-corrected chi connectivity index (χ2v) is 4.93. The van der Waals surface area contributed by atoms with Crippen LogP contribution in [0.25, 0.3) is 0 Å². The van der Waals surface area contributed by atoms with Crippen molar-refractivity contribution in [1.82, 2.24) is 0 Å². The molecular weight excluding hydrogens is 312 g/mol. The predicted molar refractivity (Wildman–Crippen MR) is 64.9 cm³/mol. The Morgan fingerprint density at radius 1 is 1.36 bits per heavy atom. The van der Waals surface area contributed by atoms with Gasteiger partial charge >= 0.3 is 0 Å². The lowest BCUT2D eigenvalue weighted by atomic mass is 10.0. The highest BCUT2D eigenvalue weighted by Crippen LogP contribution is 2.32. The van der Waals surface area contributed by atoms with E-state index in [1.54, 1.807) is 6.92 Å². The molecule has 1 rings (SSSR count). The van der Waals surface area contributed by atoms with Crippen LogP contribution in [0.3, 0.4) is 0 Å². The van der Waals surface area contributed by atoms with Crippen molar-refractivity contribution in [3.05, 3.63) is 26.6 Å². The van der Waals surface area contributed by atoms with Crippen molar-refractivity contribution < 1.29 is 5.11 Å². The third-order valence-corrected chi connectivity index (χ3v) is 3.12. The zero-order chi connectivity index (χ0) is 10.9. The number of hydrogen-bond donors (Lipinski definition) is 3. The molecule has 3 nitrogen and oxygen atoms in total. The van der Waals surface area contributed by atoms with Crippen molar-refractivity contribution in [2.45, 2.75) is 19.1 Å². The van der Waals surface area contributed by atoms with Gasteiger partial charge in [0, 0.05) is 8.95 Å². The van der Waals surface area contributed by atoms with Crippen molar-refractivity contribution in [1.29, 1.82) is 0 Å². The fourth-order valence-corrected chi connectivity index (χ4v) is 2.40. The van der Waals surface area contributed by atoms with E-state index in [9.17, 15) is 5.11 Å². The Hall–Kier alpha value is -0.100. The maximum atomic E-state index is 9.37. The third kappa shape index (κ3) is 2.48. The Bertz CT molecular complexity index is 342. The molecule has 0 radical (unpaired) electrons. The molecule has 1 aromatic rings. The number of nitrogen functional groups attached to an aromatic ring is 1.